The van der Waals surface area contributed by atoms with Gasteiger partial charge >= 0.3 is 17.9 Å². The highest BCUT2D eigenvalue weighted by Gasteiger charge is 2.19. The minimum Gasteiger partial charge on any atom is -0.462 e. The molecule has 1 unspecified atom stereocenters. The molecule has 0 aromatic heterocycles. The van der Waals surface area contributed by atoms with Crippen molar-refractivity contribution in [1.82, 2.24) is 0 Å². The van der Waals surface area contributed by atoms with Crippen LogP contribution in [0.4, 0.5) is 0 Å². The Morgan fingerprint density at radius 3 is 1.22 bits per heavy atom. The third-order valence-electron chi connectivity index (χ3n) is 10.4. The van der Waals surface area contributed by atoms with E-state index in [1.54, 1.807) is 0 Å². The second kappa shape index (κ2) is 50.7. The quantitative estimate of drug-likeness (QED) is 0.0199. The molecule has 0 heterocycles. The van der Waals surface area contributed by atoms with E-state index in [0.717, 1.165) is 96.3 Å². The summed E-state index contributed by atoms with van der Waals surface area (Å²) in [5.41, 5.74) is 0. The zero-order valence-electron chi connectivity index (χ0n) is 40.5. The van der Waals surface area contributed by atoms with Gasteiger partial charge in [0.05, 0.1) is 0 Å². The second-order valence-corrected chi connectivity index (χ2v) is 16.4. The minimum atomic E-state index is -0.823. The summed E-state index contributed by atoms with van der Waals surface area (Å²) in [6, 6.07) is 0. The van der Waals surface area contributed by atoms with Crippen molar-refractivity contribution in [3.05, 3.63) is 109 Å². The maximum atomic E-state index is 12.8. The van der Waals surface area contributed by atoms with Crippen LogP contribution in [0.25, 0.3) is 0 Å². The lowest BCUT2D eigenvalue weighted by atomic mass is 10.1. The van der Waals surface area contributed by atoms with E-state index in [0.29, 0.717) is 12.8 Å². The number of allylic oxidation sites excluding steroid dienone is 18. The Morgan fingerprint density at radius 2 is 0.714 bits per heavy atom. The van der Waals surface area contributed by atoms with Gasteiger partial charge in [-0.15, -0.1) is 0 Å². The van der Waals surface area contributed by atoms with Crippen LogP contribution in [0.1, 0.15) is 213 Å². The number of carbonyl (C=O) groups is 3. The number of carbonyl (C=O) groups excluding carboxylic acids is 3. The normalized spacial score (nSPS) is 13.0. The zero-order chi connectivity index (χ0) is 45.8. The summed E-state index contributed by atoms with van der Waals surface area (Å²) in [6.07, 6.45) is 68.0. The molecule has 0 aliphatic rings. The van der Waals surface area contributed by atoms with E-state index >= 15 is 0 Å². The molecular weight excluding hydrogens is 781 g/mol. The van der Waals surface area contributed by atoms with Gasteiger partial charge in [0.25, 0.3) is 0 Å². The Kier molecular flexibility index (Phi) is 47.5. The maximum Gasteiger partial charge on any atom is 0.306 e. The standard InChI is InChI=1S/C57H92O6/c1-4-7-10-13-16-19-22-25-27-28-29-30-33-35-38-41-44-47-50-56(59)62-53-54(52-61-55(58)49-46-43-40-37-34-31-24-21-18-15-12-9-6-3)63-57(60)51-48-45-42-39-36-32-26-23-20-17-14-11-8-5-2/h8-9,11-12,15,17-18,20-21,24,26,29-32,34,37,40,54H,4-7,10,13-14,16,19,22-23,25,27-28,33,35-36,38-39,41-53H2,1-3H3/b11-8-,12-9-,18-15-,20-17-,24-21-,30-29-,32-26-,34-31-,40-37-. The zero-order valence-corrected chi connectivity index (χ0v) is 40.5. The van der Waals surface area contributed by atoms with E-state index in [1.165, 1.54) is 70.6 Å². The molecule has 1 atom stereocenters. The van der Waals surface area contributed by atoms with Gasteiger partial charge in [0.1, 0.15) is 13.2 Å². The smallest absolute Gasteiger partial charge is 0.306 e. The summed E-state index contributed by atoms with van der Waals surface area (Å²) < 4.78 is 16.7. The molecule has 63 heavy (non-hydrogen) atoms. The SMILES string of the molecule is CC\C=C/C=C\C=C/C=C\C=C/CCCC(=O)OCC(COC(=O)CCCCCCC/C=C\CCCCCCCCCCC)OC(=O)CCCCCC/C=C\C/C=C\C/C=C\CC. The summed E-state index contributed by atoms with van der Waals surface area (Å²) in [6.45, 7) is 6.28. The molecule has 0 aromatic carbocycles. The third-order valence-corrected chi connectivity index (χ3v) is 10.4. The van der Waals surface area contributed by atoms with Crippen molar-refractivity contribution in [3.63, 3.8) is 0 Å². The Labute approximate surface area is 387 Å². The molecule has 0 saturated carbocycles. The highest BCUT2D eigenvalue weighted by atomic mass is 16.6. The molecule has 0 N–H and O–H groups in total. The van der Waals surface area contributed by atoms with Crippen molar-refractivity contribution in [1.29, 1.82) is 0 Å². The number of rotatable bonds is 44. The lowest BCUT2D eigenvalue weighted by Crippen LogP contribution is -2.30. The van der Waals surface area contributed by atoms with Gasteiger partial charge in [-0.2, -0.15) is 0 Å². The first-order chi connectivity index (χ1) is 31.0. The molecule has 0 spiro atoms. The first-order valence-corrected chi connectivity index (χ1v) is 25.5. The van der Waals surface area contributed by atoms with E-state index in [2.05, 4.69) is 75.5 Å². The number of esters is 3. The van der Waals surface area contributed by atoms with E-state index in [9.17, 15) is 14.4 Å². The number of hydrogen-bond acceptors (Lipinski definition) is 6. The number of unbranched alkanes of at least 4 members (excludes halogenated alkanes) is 19. The van der Waals surface area contributed by atoms with E-state index in [1.807, 2.05) is 54.7 Å². The van der Waals surface area contributed by atoms with Gasteiger partial charge in [-0.05, 0) is 89.9 Å². The number of hydrogen-bond donors (Lipinski definition) is 0. The van der Waals surface area contributed by atoms with Gasteiger partial charge < -0.3 is 14.2 Å². The van der Waals surface area contributed by atoms with Crippen LogP contribution in [0.3, 0.4) is 0 Å². The molecule has 0 rings (SSSR count). The fraction of sp³-hybridized carbons (Fsp3) is 0.632. The van der Waals surface area contributed by atoms with Gasteiger partial charge in [0.2, 0.25) is 0 Å². The molecule has 0 radical (unpaired) electrons. The van der Waals surface area contributed by atoms with E-state index < -0.39 is 6.10 Å². The Bertz CT molecular complexity index is 1330. The topological polar surface area (TPSA) is 78.9 Å². The highest BCUT2D eigenvalue weighted by Crippen LogP contribution is 2.13. The number of ether oxygens (including phenoxy) is 3. The molecule has 6 heteroatoms. The molecule has 0 amide bonds. The monoisotopic (exact) mass is 873 g/mol. The van der Waals surface area contributed by atoms with Gasteiger partial charge in [0.15, 0.2) is 6.10 Å². The lowest BCUT2D eigenvalue weighted by Gasteiger charge is -2.18. The van der Waals surface area contributed by atoms with Crippen LogP contribution >= 0.6 is 0 Å². The maximum absolute atomic E-state index is 12.8. The third kappa shape index (κ3) is 49.0. The van der Waals surface area contributed by atoms with Gasteiger partial charge in [0, 0.05) is 19.3 Å². The predicted octanol–water partition coefficient (Wildman–Crippen LogP) is 16.8. The molecular formula is C57H92O6. The molecule has 6 nitrogen and oxygen atoms in total. The van der Waals surface area contributed by atoms with Crippen molar-refractivity contribution in [2.75, 3.05) is 13.2 Å². The van der Waals surface area contributed by atoms with E-state index in [4.69, 9.17) is 14.2 Å². The molecule has 0 fully saturated rings. The minimum absolute atomic E-state index is 0.116. The van der Waals surface area contributed by atoms with Crippen LogP contribution in [0.2, 0.25) is 0 Å². The van der Waals surface area contributed by atoms with Crippen molar-refractivity contribution in [2.45, 2.75) is 219 Å². The summed E-state index contributed by atoms with van der Waals surface area (Å²) in [5.74, 6) is -1.03. The van der Waals surface area contributed by atoms with Crippen molar-refractivity contribution < 1.29 is 28.6 Å². The van der Waals surface area contributed by atoms with Gasteiger partial charge in [-0.1, -0.05) is 214 Å². The average molecular weight is 873 g/mol. The molecule has 0 aliphatic carbocycles. The molecule has 0 aromatic rings. The van der Waals surface area contributed by atoms with Gasteiger partial charge in [-0.25, -0.2) is 0 Å². The Morgan fingerprint density at radius 1 is 0.349 bits per heavy atom. The Hall–Kier alpha value is -3.93. The summed E-state index contributed by atoms with van der Waals surface area (Å²) in [5, 5.41) is 0. The van der Waals surface area contributed by atoms with Crippen molar-refractivity contribution in [3.8, 4) is 0 Å². The van der Waals surface area contributed by atoms with Crippen LogP contribution in [-0.4, -0.2) is 37.2 Å². The van der Waals surface area contributed by atoms with Crippen molar-refractivity contribution >= 4 is 17.9 Å². The fourth-order valence-corrected chi connectivity index (χ4v) is 6.60. The first kappa shape index (κ1) is 59.1. The van der Waals surface area contributed by atoms with Crippen molar-refractivity contribution in [2.24, 2.45) is 0 Å². The first-order valence-electron chi connectivity index (χ1n) is 25.5. The predicted molar refractivity (Wildman–Crippen MR) is 270 cm³/mol. The fourth-order valence-electron chi connectivity index (χ4n) is 6.60. The van der Waals surface area contributed by atoms with Crippen LogP contribution < -0.4 is 0 Å². The van der Waals surface area contributed by atoms with Gasteiger partial charge in [-0.3, -0.25) is 14.4 Å². The molecule has 0 aliphatic heterocycles. The molecule has 0 bridgehead atoms. The van der Waals surface area contributed by atoms with Crippen LogP contribution in [0, 0.1) is 0 Å². The average Bonchev–Trinajstić information content (AvgIpc) is 3.28. The van der Waals surface area contributed by atoms with Crippen LogP contribution in [0.5, 0.6) is 0 Å². The van der Waals surface area contributed by atoms with Crippen LogP contribution in [-0.2, 0) is 28.6 Å². The second-order valence-electron chi connectivity index (χ2n) is 16.4. The Balaban J connectivity index is 4.51. The lowest BCUT2D eigenvalue weighted by molar-refractivity contribution is -0.167. The summed E-state index contributed by atoms with van der Waals surface area (Å²) in [7, 11) is 0. The molecule has 0 saturated heterocycles. The highest BCUT2D eigenvalue weighted by molar-refractivity contribution is 5.71. The largest absolute Gasteiger partial charge is 0.462 e. The summed E-state index contributed by atoms with van der Waals surface area (Å²) in [4.78, 5) is 37.9. The summed E-state index contributed by atoms with van der Waals surface area (Å²) >= 11 is 0. The molecule has 356 valence electrons. The van der Waals surface area contributed by atoms with E-state index in [-0.39, 0.29) is 44.0 Å². The van der Waals surface area contributed by atoms with Crippen LogP contribution in [0.15, 0.2) is 109 Å².